The lowest BCUT2D eigenvalue weighted by molar-refractivity contribution is -0.131. The number of rotatable bonds is 3. The number of aromatic nitrogens is 1. The standard InChI is InChI=1S/C22H20N4O3/c27-19(18-12-16-8-4-5-9-17(16)23-18)25-11-10-22(14-25)20(28)26(21(29)24-22)13-15-6-2-1-3-7-15/h1-9,12,23H,10-11,13-14H2,(H,24,29)/t22-/m0/s1. The Bertz CT molecular complexity index is 1090. The lowest BCUT2D eigenvalue weighted by Crippen LogP contribution is -2.49. The molecule has 2 saturated heterocycles. The van der Waals surface area contributed by atoms with E-state index in [2.05, 4.69) is 10.3 Å². The molecule has 2 aromatic carbocycles. The van der Waals surface area contributed by atoms with E-state index in [1.807, 2.05) is 60.7 Å². The summed E-state index contributed by atoms with van der Waals surface area (Å²) < 4.78 is 0. The predicted octanol–water partition coefficient (Wildman–Crippen LogP) is 2.50. The minimum Gasteiger partial charge on any atom is -0.351 e. The quantitative estimate of drug-likeness (QED) is 0.676. The molecule has 2 N–H and O–H groups in total. The van der Waals surface area contributed by atoms with E-state index in [1.165, 1.54) is 4.90 Å². The minimum atomic E-state index is -1.03. The maximum Gasteiger partial charge on any atom is 0.325 e. The molecule has 29 heavy (non-hydrogen) atoms. The van der Waals surface area contributed by atoms with Crippen LogP contribution in [0.25, 0.3) is 10.9 Å². The first-order valence-corrected chi connectivity index (χ1v) is 9.61. The number of nitrogens with one attached hydrogen (secondary N) is 2. The summed E-state index contributed by atoms with van der Waals surface area (Å²) in [6.07, 6.45) is 0.412. The summed E-state index contributed by atoms with van der Waals surface area (Å²) in [5, 5.41) is 3.81. The number of carbonyl (C=O) groups excluding carboxylic acids is 3. The zero-order chi connectivity index (χ0) is 20.0. The summed E-state index contributed by atoms with van der Waals surface area (Å²) in [6, 6.07) is 18.5. The van der Waals surface area contributed by atoms with Gasteiger partial charge in [-0.2, -0.15) is 0 Å². The van der Waals surface area contributed by atoms with Crippen molar-refractivity contribution in [3.8, 4) is 0 Å². The highest BCUT2D eigenvalue weighted by Crippen LogP contribution is 2.30. The van der Waals surface area contributed by atoms with Crippen LogP contribution in [-0.4, -0.2) is 51.3 Å². The van der Waals surface area contributed by atoms with Crippen LogP contribution in [-0.2, 0) is 11.3 Å². The number of aromatic amines is 1. The first-order chi connectivity index (χ1) is 14.1. The molecular weight excluding hydrogens is 368 g/mol. The third kappa shape index (κ3) is 2.86. The summed E-state index contributed by atoms with van der Waals surface area (Å²) >= 11 is 0. The van der Waals surface area contributed by atoms with Gasteiger partial charge in [0.05, 0.1) is 13.1 Å². The van der Waals surface area contributed by atoms with Gasteiger partial charge in [-0.15, -0.1) is 0 Å². The molecule has 2 aliphatic heterocycles. The Balaban J connectivity index is 1.34. The Morgan fingerprint density at radius 3 is 2.59 bits per heavy atom. The molecule has 0 radical (unpaired) electrons. The molecule has 0 unspecified atom stereocenters. The van der Waals surface area contributed by atoms with Gasteiger partial charge in [0.2, 0.25) is 0 Å². The zero-order valence-electron chi connectivity index (χ0n) is 15.7. The van der Waals surface area contributed by atoms with Crippen molar-refractivity contribution in [2.75, 3.05) is 13.1 Å². The van der Waals surface area contributed by atoms with Crippen molar-refractivity contribution in [1.82, 2.24) is 20.1 Å². The number of fused-ring (bicyclic) bond motifs is 1. The second-order valence-electron chi connectivity index (χ2n) is 7.64. The van der Waals surface area contributed by atoms with Gasteiger partial charge in [0.25, 0.3) is 11.8 Å². The zero-order valence-corrected chi connectivity index (χ0v) is 15.7. The highest BCUT2D eigenvalue weighted by molar-refractivity contribution is 6.08. The van der Waals surface area contributed by atoms with E-state index in [1.54, 1.807) is 4.90 Å². The summed E-state index contributed by atoms with van der Waals surface area (Å²) in [6.45, 7) is 0.819. The molecule has 4 amide bonds. The minimum absolute atomic E-state index is 0.165. The van der Waals surface area contributed by atoms with Crippen molar-refractivity contribution < 1.29 is 14.4 Å². The summed E-state index contributed by atoms with van der Waals surface area (Å²) in [7, 11) is 0. The number of amides is 4. The van der Waals surface area contributed by atoms with Crippen molar-refractivity contribution in [3.63, 3.8) is 0 Å². The number of nitrogens with zero attached hydrogens (tertiary/aromatic N) is 2. The van der Waals surface area contributed by atoms with Crippen LogP contribution >= 0.6 is 0 Å². The van der Waals surface area contributed by atoms with E-state index < -0.39 is 11.6 Å². The van der Waals surface area contributed by atoms with Gasteiger partial charge in [-0.25, -0.2) is 4.79 Å². The van der Waals surface area contributed by atoms with Crippen molar-refractivity contribution in [1.29, 1.82) is 0 Å². The maximum absolute atomic E-state index is 13.1. The summed E-state index contributed by atoms with van der Waals surface area (Å²) in [5.74, 6) is -0.431. The highest BCUT2D eigenvalue weighted by Gasteiger charge is 2.55. The largest absolute Gasteiger partial charge is 0.351 e. The number of hydrogen-bond acceptors (Lipinski definition) is 3. The second kappa shape index (κ2) is 6.48. The molecule has 1 atom stereocenters. The molecule has 7 heteroatoms. The molecular formula is C22H20N4O3. The van der Waals surface area contributed by atoms with E-state index in [9.17, 15) is 14.4 Å². The Morgan fingerprint density at radius 2 is 1.79 bits per heavy atom. The fraction of sp³-hybridized carbons (Fsp3) is 0.227. The average molecular weight is 388 g/mol. The average Bonchev–Trinajstić information content (AvgIpc) is 3.41. The van der Waals surface area contributed by atoms with Crippen LogP contribution in [0, 0.1) is 0 Å². The maximum atomic E-state index is 13.1. The molecule has 2 fully saturated rings. The van der Waals surface area contributed by atoms with Gasteiger partial charge in [0.1, 0.15) is 11.2 Å². The highest BCUT2D eigenvalue weighted by atomic mass is 16.2. The third-order valence-corrected chi connectivity index (χ3v) is 5.75. The number of carbonyl (C=O) groups is 3. The van der Waals surface area contributed by atoms with Gasteiger partial charge in [-0.3, -0.25) is 14.5 Å². The van der Waals surface area contributed by atoms with Crippen molar-refractivity contribution in [2.24, 2.45) is 0 Å². The topological polar surface area (TPSA) is 85.5 Å². The molecule has 0 saturated carbocycles. The Morgan fingerprint density at radius 1 is 1.03 bits per heavy atom. The fourth-order valence-corrected chi connectivity index (χ4v) is 4.20. The van der Waals surface area contributed by atoms with Gasteiger partial charge in [0.15, 0.2) is 0 Å². The molecule has 2 aliphatic rings. The summed E-state index contributed by atoms with van der Waals surface area (Å²) in [5.41, 5.74) is 1.23. The monoisotopic (exact) mass is 388 g/mol. The Hall–Kier alpha value is -3.61. The van der Waals surface area contributed by atoms with E-state index in [-0.39, 0.29) is 24.9 Å². The van der Waals surface area contributed by atoms with Gasteiger partial charge in [-0.1, -0.05) is 48.5 Å². The van der Waals surface area contributed by atoms with Crippen molar-refractivity contribution in [3.05, 3.63) is 71.9 Å². The van der Waals surface area contributed by atoms with Crippen LogP contribution in [0.5, 0.6) is 0 Å². The number of urea groups is 1. The van der Waals surface area contributed by atoms with E-state index in [0.29, 0.717) is 18.7 Å². The molecule has 1 spiro atoms. The number of imide groups is 1. The number of para-hydroxylation sites is 1. The van der Waals surface area contributed by atoms with Crippen LogP contribution in [0.1, 0.15) is 22.5 Å². The van der Waals surface area contributed by atoms with E-state index in [0.717, 1.165) is 16.5 Å². The SMILES string of the molecule is O=C(c1cc2ccccc2[nH]1)N1CC[C@@]2(C1)NC(=O)N(Cc1ccccc1)C2=O. The predicted molar refractivity (Wildman–Crippen MR) is 107 cm³/mol. The lowest BCUT2D eigenvalue weighted by atomic mass is 9.99. The third-order valence-electron chi connectivity index (χ3n) is 5.75. The molecule has 5 rings (SSSR count). The first kappa shape index (κ1) is 17.5. The summed E-state index contributed by atoms with van der Waals surface area (Å²) in [4.78, 5) is 44.6. The molecule has 1 aromatic heterocycles. The van der Waals surface area contributed by atoms with E-state index in [4.69, 9.17) is 0 Å². The Kier molecular flexibility index (Phi) is 3.91. The number of benzene rings is 2. The number of H-pyrrole nitrogens is 1. The van der Waals surface area contributed by atoms with Gasteiger partial charge in [0, 0.05) is 17.4 Å². The van der Waals surface area contributed by atoms with Crippen molar-refractivity contribution >= 4 is 28.7 Å². The van der Waals surface area contributed by atoms with Crippen molar-refractivity contribution in [2.45, 2.75) is 18.5 Å². The second-order valence-corrected chi connectivity index (χ2v) is 7.64. The molecule has 0 aliphatic carbocycles. The molecule has 0 bridgehead atoms. The molecule has 7 nitrogen and oxygen atoms in total. The molecule has 3 heterocycles. The first-order valence-electron chi connectivity index (χ1n) is 9.61. The van der Waals surface area contributed by atoms with Gasteiger partial charge < -0.3 is 15.2 Å². The van der Waals surface area contributed by atoms with E-state index >= 15 is 0 Å². The molecule has 146 valence electrons. The van der Waals surface area contributed by atoms with Crippen LogP contribution in [0.4, 0.5) is 4.79 Å². The van der Waals surface area contributed by atoms with Crippen LogP contribution in [0.2, 0.25) is 0 Å². The van der Waals surface area contributed by atoms with Gasteiger partial charge in [-0.05, 0) is 24.1 Å². The number of likely N-dealkylation sites (tertiary alicyclic amines) is 1. The van der Waals surface area contributed by atoms with Crippen LogP contribution in [0.15, 0.2) is 60.7 Å². The van der Waals surface area contributed by atoms with Crippen LogP contribution in [0.3, 0.4) is 0 Å². The van der Waals surface area contributed by atoms with Gasteiger partial charge >= 0.3 is 6.03 Å². The van der Waals surface area contributed by atoms with Crippen LogP contribution < -0.4 is 5.32 Å². The molecule has 3 aromatic rings. The smallest absolute Gasteiger partial charge is 0.325 e. The Labute approximate surface area is 167 Å². The lowest BCUT2D eigenvalue weighted by Gasteiger charge is -2.22. The normalized spacial score (nSPS) is 21.4. The fourth-order valence-electron chi connectivity index (χ4n) is 4.20. The number of hydrogen-bond donors (Lipinski definition) is 2.